The molecule has 1 amide bonds. The summed E-state index contributed by atoms with van der Waals surface area (Å²) in [5.41, 5.74) is 0.299. The van der Waals surface area contributed by atoms with Crippen LogP contribution in [0.25, 0.3) is 0 Å². The number of rotatable bonds is 5. The number of alkyl halides is 3. The Balaban J connectivity index is 1.93. The largest absolute Gasteiger partial charge is 0.417 e. The van der Waals surface area contributed by atoms with E-state index in [0.29, 0.717) is 28.8 Å². The van der Waals surface area contributed by atoms with Gasteiger partial charge in [-0.05, 0) is 30.2 Å². The van der Waals surface area contributed by atoms with Gasteiger partial charge < -0.3 is 4.57 Å². The van der Waals surface area contributed by atoms with E-state index in [2.05, 4.69) is 4.98 Å². The van der Waals surface area contributed by atoms with Gasteiger partial charge in [0.2, 0.25) is 5.91 Å². The summed E-state index contributed by atoms with van der Waals surface area (Å²) < 4.78 is 39.9. The summed E-state index contributed by atoms with van der Waals surface area (Å²) in [4.78, 5) is 30.1. The van der Waals surface area contributed by atoms with E-state index in [9.17, 15) is 22.8 Å². The van der Waals surface area contributed by atoms with Crippen LogP contribution in [0.15, 0.2) is 46.7 Å². The molecule has 0 unspecified atom stereocenters. The van der Waals surface area contributed by atoms with Crippen LogP contribution in [0.3, 0.4) is 0 Å². The third kappa shape index (κ3) is 4.73. The molecule has 0 fully saturated rings. The summed E-state index contributed by atoms with van der Waals surface area (Å²) in [6.07, 6.45) is -3.07. The van der Waals surface area contributed by atoms with E-state index < -0.39 is 22.3 Å². The highest BCUT2D eigenvalue weighted by Gasteiger charge is 2.32. The summed E-state index contributed by atoms with van der Waals surface area (Å²) in [7, 11) is 0. The lowest BCUT2D eigenvalue weighted by molar-refractivity contribution is -0.138. The number of carbonyl (C=O) groups is 1. The zero-order chi connectivity index (χ0) is 22.1. The molecule has 2 heterocycles. The van der Waals surface area contributed by atoms with Crippen LogP contribution in [-0.4, -0.2) is 15.5 Å². The maximum Gasteiger partial charge on any atom is 0.417 e. The fraction of sp³-hybridized carbons (Fsp3) is 0.250. The lowest BCUT2D eigenvalue weighted by Gasteiger charge is -2.18. The van der Waals surface area contributed by atoms with Crippen LogP contribution in [0.5, 0.6) is 0 Å². The molecule has 30 heavy (non-hydrogen) atoms. The average molecular weight is 456 g/mol. The van der Waals surface area contributed by atoms with Crippen LogP contribution in [-0.2, 0) is 23.9 Å². The number of pyridine rings is 1. The van der Waals surface area contributed by atoms with E-state index in [-0.39, 0.29) is 12.5 Å². The van der Waals surface area contributed by atoms with Crippen molar-refractivity contribution in [3.63, 3.8) is 0 Å². The summed E-state index contributed by atoms with van der Waals surface area (Å²) in [6.45, 7) is 3.21. The van der Waals surface area contributed by atoms with Crippen LogP contribution in [0.1, 0.15) is 30.7 Å². The molecule has 0 saturated carbocycles. The van der Waals surface area contributed by atoms with Gasteiger partial charge in [0.25, 0.3) is 5.56 Å². The Morgan fingerprint density at radius 2 is 1.93 bits per heavy atom. The summed E-state index contributed by atoms with van der Waals surface area (Å²) >= 11 is 6.84. The number of anilines is 2. The minimum Gasteiger partial charge on any atom is -0.308 e. The summed E-state index contributed by atoms with van der Waals surface area (Å²) in [5, 5.41) is 1.42. The van der Waals surface area contributed by atoms with Crippen LogP contribution < -0.4 is 10.5 Å². The van der Waals surface area contributed by atoms with Gasteiger partial charge in [0.05, 0.1) is 23.5 Å². The van der Waals surface area contributed by atoms with E-state index in [1.54, 1.807) is 17.5 Å². The first-order valence-corrected chi connectivity index (χ1v) is 10.2. The van der Waals surface area contributed by atoms with Crippen molar-refractivity contribution < 1.29 is 18.0 Å². The zero-order valence-corrected chi connectivity index (χ0v) is 17.6. The molecule has 0 bridgehead atoms. The number of carbonyl (C=O) groups excluding carboxylic acids is 1. The van der Waals surface area contributed by atoms with E-state index in [4.69, 9.17) is 11.6 Å². The molecule has 0 aliphatic heterocycles. The number of hydrogen-bond donors (Lipinski definition) is 0. The van der Waals surface area contributed by atoms with Gasteiger partial charge in [0, 0.05) is 18.5 Å². The Kier molecular flexibility index (Phi) is 6.33. The quantitative estimate of drug-likeness (QED) is 0.526. The molecule has 0 spiro atoms. The predicted molar refractivity (Wildman–Crippen MR) is 111 cm³/mol. The number of benzene rings is 1. The van der Waals surface area contributed by atoms with Gasteiger partial charge in [0.15, 0.2) is 5.13 Å². The monoisotopic (exact) mass is 455 g/mol. The Bertz CT molecular complexity index is 1120. The molecule has 0 aliphatic rings. The van der Waals surface area contributed by atoms with Gasteiger partial charge >= 0.3 is 6.18 Å². The third-order valence-electron chi connectivity index (χ3n) is 4.35. The average Bonchev–Trinajstić information content (AvgIpc) is 3.12. The molecule has 0 aliphatic carbocycles. The Morgan fingerprint density at radius 1 is 1.27 bits per heavy atom. The first-order valence-electron chi connectivity index (χ1n) is 8.91. The molecule has 0 radical (unpaired) electrons. The Labute approximate surface area is 179 Å². The molecule has 3 aromatic rings. The molecule has 2 aromatic heterocycles. The SMILES string of the molecule is CCc1ccc(N(C(C)=O)c2nc(Cn3cc(C(F)(F)F)cc(Cl)c3=O)cs2)cc1. The molecular weight excluding hydrogens is 439 g/mol. The smallest absolute Gasteiger partial charge is 0.308 e. The molecule has 158 valence electrons. The van der Waals surface area contributed by atoms with Crippen LogP contribution in [0.4, 0.5) is 24.0 Å². The van der Waals surface area contributed by atoms with E-state index in [1.807, 2.05) is 19.1 Å². The van der Waals surface area contributed by atoms with Crippen molar-refractivity contribution in [3.05, 3.63) is 74.1 Å². The molecule has 10 heteroatoms. The normalized spacial score (nSPS) is 11.5. The molecule has 5 nitrogen and oxygen atoms in total. The number of halogens is 4. The van der Waals surface area contributed by atoms with Crippen molar-refractivity contribution in [1.82, 2.24) is 9.55 Å². The summed E-state index contributed by atoms with van der Waals surface area (Å²) in [6, 6.07) is 8.02. The van der Waals surface area contributed by atoms with Gasteiger partial charge in [-0.15, -0.1) is 11.3 Å². The van der Waals surface area contributed by atoms with Crippen LogP contribution in [0, 0.1) is 0 Å². The number of amides is 1. The van der Waals surface area contributed by atoms with Gasteiger partial charge in [0.1, 0.15) is 5.02 Å². The first-order chi connectivity index (χ1) is 14.1. The molecule has 1 aromatic carbocycles. The predicted octanol–water partition coefficient (Wildman–Crippen LogP) is 5.27. The van der Waals surface area contributed by atoms with Gasteiger partial charge in [-0.2, -0.15) is 13.2 Å². The number of aromatic nitrogens is 2. The Hall–Kier alpha value is -2.65. The molecule has 0 N–H and O–H groups in total. The fourth-order valence-electron chi connectivity index (χ4n) is 2.83. The zero-order valence-electron chi connectivity index (χ0n) is 16.0. The number of hydrogen-bond acceptors (Lipinski definition) is 4. The second-order valence-electron chi connectivity index (χ2n) is 6.50. The standard InChI is InChI=1S/C20H17ClF3N3O2S/c1-3-13-4-6-16(7-5-13)27(12(2)28)19-25-15(11-30-19)10-26-9-14(20(22,23)24)8-17(21)18(26)29/h4-9,11H,3,10H2,1-2H3. The van der Waals surface area contributed by atoms with Crippen molar-refractivity contribution in [2.45, 2.75) is 33.0 Å². The lowest BCUT2D eigenvalue weighted by Crippen LogP contribution is -2.24. The highest BCUT2D eigenvalue weighted by molar-refractivity contribution is 7.14. The van der Waals surface area contributed by atoms with Gasteiger partial charge in [-0.3, -0.25) is 14.5 Å². The van der Waals surface area contributed by atoms with Crippen molar-refractivity contribution in [2.75, 3.05) is 4.90 Å². The number of nitrogens with zero attached hydrogens (tertiary/aromatic N) is 3. The molecular formula is C20H17ClF3N3O2S. The maximum absolute atomic E-state index is 13.0. The first kappa shape index (κ1) is 22.0. The van der Waals surface area contributed by atoms with E-state index in [0.717, 1.165) is 27.9 Å². The minimum atomic E-state index is -4.64. The molecule has 0 atom stereocenters. The van der Waals surface area contributed by atoms with Gasteiger partial charge in [-0.1, -0.05) is 30.7 Å². The van der Waals surface area contributed by atoms with Crippen molar-refractivity contribution in [2.24, 2.45) is 0 Å². The molecule has 0 saturated heterocycles. The van der Waals surface area contributed by atoms with Crippen LogP contribution >= 0.6 is 22.9 Å². The number of thiazole rings is 1. The van der Waals surface area contributed by atoms with Crippen molar-refractivity contribution in [1.29, 1.82) is 0 Å². The van der Waals surface area contributed by atoms with Crippen LogP contribution in [0.2, 0.25) is 5.02 Å². The summed E-state index contributed by atoms with van der Waals surface area (Å²) in [5.74, 6) is -0.264. The topological polar surface area (TPSA) is 55.2 Å². The second-order valence-corrected chi connectivity index (χ2v) is 7.75. The Morgan fingerprint density at radius 3 is 2.50 bits per heavy atom. The van der Waals surface area contributed by atoms with E-state index >= 15 is 0 Å². The maximum atomic E-state index is 13.0. The highest BCUT2D eigenvalue weighted by atomic mass is 35.5. The molecule has 3 rings (SSSR count). The highest BCUT2D eigenvalue weighted by Crippen LogP contribution is 2.31. The van der Waals surface area contributed by atoms with Gasteiger partial charge in [-0.25, -0.2) is 4.98 Å². The van der Waals surface area contributed by atoms with E-state index in [1.165, 1.54) is 11.8 Å². The minimum absolute atomic E-state index is 0.209. The lowest BCUT2D eigenvalue weighted by atomic mass is 10.1. The second kappa shape index (κ2) is 8.61. The van der Waals surface area contributed by atoms with Crippen molar-refractivity contribution in [3.8, 4) is 0 Å². The fourth-order valence-corrected chi connectivity index (χ4v) is 3.93. The van der Waals surface area contributed by atoms with Crippen molar-refractivity contribution >= 4 is 39.7 Å². The third-order valence-corrected chi connectivity index (χ3v) is 5.50. The number of aryl methyl sites for hydroxylation is 1.